The minimum absolute atomic E-state index is 0.150. The summed E-state index contributed by atoms with van der Waals surface area (Å²) in [5, 5.41) is 3.50. The standard InChI is InChI=1S/C18H22N4O9/c1-7-8(2)18(27)22(17(7)26)13-15(30-11(5)25)14(29-10(4)24)12(6-28-9(3)23)31-16(13)20-21-19/h12-16H,6H2,1-5H3/t12-,13-,14-,15-,16-/m1/s1. The number of amides is 2. The molecule has 0 aliphatic carbocycles. The van der Waals surface area contributed by atoms with E-state index < -0.39 is 66.9 Å². The number of carbonyl (C=O) groups is 5. The van der Waals surface area contributed by atoms with Crippen LogP contribution in [0.1, 0.15) is 34.6 Å². The highest BCUT2D eigenvalue weighted by atomic mass is 16.6. The number of nitrogens with zero attached hydrogens (tertiary/aromatic N) is 4. The van der Waals surface area contributed by atoms with Crippen molar-refractivity contribution in [3.63, 3.8) is 0 Å². The number of imide groups is 1. The van der Waals surface area contributed by atoms with Crippen molar-refractivity contribution in [2.24, 2.45) is 5.11 Å². The highest BCUT2D eigenvalue weighted by Crippen LogP contribution is 2.34. The van der Waals surface area contributed by atoms with Gasteiger partial charge in [0.1, 0.15) is 18.8 Å². The molecule has 1 saturated heterocycles. The molecule has 0 N–H and O–H groups in total. The molecule has 0 aromatic heterocycles. The molecule has 2 heterocycles. The minimum atomic E-state index is -1.52. The second-order valence-corrected chi connectivity index (χ2v) is 6.94. The fourth-order valence-corrected chi connectivity index (χ4v) is 3.37. The van der Waals surface area contributed by atoms with Gasteiger partial charge >= 0.3 is 17.9 Å². The first-order valence-electron chi connectivity index (χ1n) is 9.22. The minimum Gasteiger partial charge on any atom is -0.463 e. The van der Waals surface area contributed by atoms with E-state index in [1.54, 1.807) is 0 Å². The van der Waals surface area contributed by atoms with Crippen LogP contribution in [0, 0.1) is 0 Å². The molecule has 31 heavy (non-hydrogen) atoms. The van der Waals surface area contributed by atoms with Gasteiger partial charge in [0.25, 0.3) is 11.8 Å². The third-order valence-corrected chi connectivity index (χ3v) is 4.79. The van der Waals surface area contributed by atoms with Crippen molar-refractivity contribution in [1.29, 1.82) is 0 Å². The lowest BCUT2D eigenvalue weighted by atomic mass is 9.94. The Morgan fingerprint density at radius 3 is 1.97 bits per heavy atom. The molecule has 0 bridgehead atoms. The summed E-state index contributed by atoms with van der Waals surface area (Å²) in [6, 6.07) is -1.44. The molecule has 0 saturated carbocycles. The van der Waals surface area contributed by atoms with Gasteiger partial charge in [-0.05, 0) is 19.4 Å². The largest absolute Gasteiger partial charge is 0.463 e. The Bertz CT molecular complexity index is 868. The molecule has 0 radical (unpaired) electrons. The number of ether oxygens (including phenoxy) is 4. The fraction of sp³-hybridized carbons (Fsp3) is 0.611. The Kier molecular flexibility index (Phi) is 7.37. The second-order valence-electron chi connectivity index (χ2n) is 6.94. The van der Waals surface area contributed by atoms with E-state index in [-0.39, 0.29) is 11.1 Å². The average Bonchev–Trinajstić information content (AvgIpc) is 2.85. The molecular formula is C18H22N4O9. The van der Waals surface area contributed by atoms with Crippen LogP contribution in [-0.4, -0.2) is 71.8 Å². The highest BCUT2D eigenvalue weighted by Gasteiger charge is 2.56. The van der Waals surface area contributed by atoms with Gasteiger partial charge in [0.15, 0.2) is 18.4 Å². The molecule has 168 valence electrons. The monoisotopic (exact) mass is 438 g/mol. The van der Waals surface area contributed by atoms with E-state index in [1.165, 1.54) is 13.8 Å². The Hall–Kier alpha value is -3.44. The van der Waals surface area contributed by atoms with Crippen LogP contribution >= 0.6 is 0 Å². The van der Waals surface area contributed by atoms with E-state index in [2.05, 4.69) is 10.0 Å². The lowest BCUT2D eigenvalue weighted by molar-refractivity contribution is -0.233. The van der Waals surface area contributed by atoms with E-state index in [9.17, 15) is 24.0 Å². The summed E-state index contributed by atoms with van der Waals surface area (Å²) in [5.74, 6) is -3.68. The van der Waals surface area contributed by atoms with Gasteiger partial charge in [-0.1, -0.05) is 5.11 Å². The lowest BCUT2D eigenvalue weighted by Crippen LogP contribution is -2.66. The van der Waals surface area contributed by atoms with Crippen molar-refractivity contribution in [1.82, 2.24) is 4.90 Å². The fourth-order valence-electron chi connectivity index (χ4n) is 3.37. The van der Waals surface area contributed by atoms with Crippen LogP contribution < -0.4 is 0 Å². The maximum Gasteiger partial charge on any atom is 0.303 e. The number of azide groups is 1. The zero-order chi connectivity index (χ0) is 23.5. The zero-order valence-corrected chi connectivity index (χ0v) is 17.6. The van der Waals surface area contributed by atoms with Gasteiger partial charge in [-0.15, -0.1) is 0 Å². The highest BCUT2D eigenvalue weighted by molar-refractivity contribution is 6.19. The molecule has 2 amide bonds. The number of rotatable bonds is 6. The number of carbonyl (C=O) groups excluding carboxylic acids is 5. The molecule has 0 aromatic carbocycles. The van der Waals surface area contributed by atoms with Crippen LogP contribution in [0.5, 0.6) is 0 Å². The normalized spacial score (nSPS) is 28.2. The molecule has 2 aliphatic heterocycles. The summed E-state index contributed by atoms with van der Waals surface area (Å²) in [7, 11) is 0. The van der Waals surface area contributed by atoms with Gasteiger partial charge in [0.2, 0.25) is 0 Å². The molecule has 0 unspecified atom stereocenters. The molecule has 1 fully saturated rings. The first-order valence-corrected chi connectivity index (χ1v) is 9.22. The van der Waals surface area contributed by atoms with E-state index in [1.807, 2.05) is 0 Å². The smallest absolute Gasteiger partial charge is 0.303 e. The molecule has 0 spiro atoms. The summed E-state index contributed by atoms with van der Waals surface area (Å²) in [4.78, 5) is 63.8. The predicted molar refractivity (Wildman–Crippen MR) is 99.6 cm³/mol. The van der Waals surface area contributed by atoms with Gasteiger partial charge < -0.3 is 18.9 Å². The van der Waals surface area contributed by atoms with Crippen molar-refractivity contribution in [3.8, 4) is 0 Å². The Labute approximate surface area is 176 Å². The number of esters is 3. The lowest BCUT2D eigenvalue weighted by Gasteiger charge is -2.46. The average molecular weight is 438 g/mol. The summed E-state index contributed by atoms with van der Waals surface area (Å²) in [5.41, 5.74) is 9.30. The second kappa shape index (κ2) is 9.58. The number of hydrogen-bond acceptors (Lipinski definition) is 10. The van der Waals surface area contributed by atoms with Crippen molar-refractivity contribution in [2.75, 3.05) is 6.61 Å². The van der Waals surface area contributed by atoms with Crippen LogP contribution in [-0.2, 0) is 42.9 Å². The molecule has 2 rings (SSSR count). The summed E-state index contributed by atoms with van der Waals surface area (Å²) >= 11 is 0. The Morgan fingerprint density at radius 2 is 1.52 bits per heavy atom. The van der Waals surface area contributed by atoms with Crippen molar-refractivity contribution >= 4 is 29.7 Å². The molecule has 5 atom stereocenters. The summed E-state index contributed by atoms with van der Waals surface area (Å²) in [6.07, 6.45) is -5.57. The Morgan fingerprint density at radius 1 is 1.00 bits per heavy atom. The van der Waals surface area contributed by atoms with Gasteiger partial charge in [-0.2, -0.15) is 0 Å². The van der Waals surface area contributed by atoms with Crippen LogP contribution in [0.2, 0.25) is 0 Å². The molecular weight excluding hydrogens is 416 g/mol. The SMILES string of the molecule is CC(=O)OC[C@H]1O[C@@H](N=[N+]=[N-])[C@H](N2C(=O)C(C)=C(C)C2=O)[C@@H](OC(C)=O)[C@@H]1OC(C)=O. The van der Waals surface area contributed by atoms with Gasteiger partial charge in [0.05, 0.1) is 0 Å². The third kappa shape index (κ3) is 5.01. The summed E-state index contributed by atoms with van der Waals surface area (Å²) < 4.78 is 21.2. The van der Waals surface area contributed by atoms with Crippen molar-refractivity contribution in [2.45, 2.75) is 65.2 Å². The van der Waals surface area contributed by atoms with E-state index in [0.717, 1.165) is 25.7 Å². The quantitative estimate of drug-likeness (QED) is 0.143. The van der Waals surface area contributed by atoms with Crippen LogP contribution in [0.3, 0.4) is 0 Å². The maximum atomic E-state index is 12.8. The van der Waals surface area contributed by atoms with Crippen molar-refractivity contribution in [3.05, 3.63) is 21.6 Å². The van der Waals surface area contributed by atoms with Crippen LogP contribution in [0.15, 0.2) is 16.3 Å². The van der Waals surface area contributed by atoms with Gasteiger partial charge in [-0.25, -0.2) is 0 Å². The molecule has 2 aliphatic rings. The van der Waals surface area contributed by atoms with Crippen LogP contribution in [0.25, 0.3) is 10.4 Å². The Balaban J connectivity index is 2.58. The molecule has 13 nitrogen and oxygen atoms in total. The first kappa shape index (κ1) is 23.8. The summed E-state index contributed by atoms with van der Waals surface area (Å²) in [6.45, 7) is 5.74. The van der Waals surface area contributed by atoms with Gasteiger partial charge in [0, 0.05) is 36.8 Å². The van der Waals surface area contributed by atoms with Crippen LogP contribution in [0.4, 0.5) is 0 Å². The topological polar surface area (TPSA) is 174 Å². The molecule has 0 aromatic rings. The van der Waals surface area contributed by atoms with E-state index in [0.29, 0.717) is 0 Å². The van der Waals surface area contributed by atoms with E-state index in [4.69, 9.17) is 24.5 Å². The number of hydrogen-bond donors (Lipinski definition) is 0. The maximum absolute atomic E-state index is 12.8. The zero-order valence-electron chi connectivity index (χ0n) is 17.6. The van der Waals surface area contributed by atoms with E-state index >= 15 is 0 Å². The third-order valence-electron chi connectivity index (χ3n) is 4.79. The van der Waals surface area contributed by atoms with Gasteiger partial charge in [-0.3, -0.25) is 28.9 Å². The molecule has 13 heteroatoms. The first-order chi connectivity index (χ1) is 14.5. The van der Waals surface area contributed by atoms with Crippen molar-refractivity contribution < 1.29 is 42.9 Å². The predicted octanol–water partition coefficient (Wildman–Crippen LogP) is 0.522.